The summed E-state index contributed by atoms with van der Waals surface area (Å²) in [7, 11) is 0. The first-order valence-electron chi connectivity index (χ1n) is 5.53. The monoisotopic (exact) mass is 264 g/mol. The number of carboxylic acids is 1. The number of rotatable bonds is 4. The van der Waals surface area contributed by atoms with E-state index in [1.165, 1.54) is 4.57 Å². The average molecular weight is 264 g/mol. The molecule has 2 rings (SSSR count). The summed E-state index contributed by atoms with van der Waals surface area (Å²) in [6.45, 7) is 0.311. The smallest absolute Gasteiger partial charge is 0.303 e. The molecule has 1 aromatic heterocycles. The fourth-order valence-electron chi connectivity index (χ4n) is 1.79. The van der Waals surface area contributed by atoms with Crippen molar-refractivity contribution < 1.29 is 9.90 Å². The van der Waals surface area contributed by atoms with E-state index in [2.05, 4.69) is 4.98 Å². The normalized spacial score (nSPS) is 10.7. The summed E-state index contributed by atoms with van der Waals surface area (Å²) in [6.07, 6.45) is 0.402. The highest BCUT2D eigenvalue weighted by atomic mass is 32.1. The minimum atomic E-state index is -0.876. The van der Waals surface area contributed by atoms with Gasteiger partial charge in [0, 0.05) is 13.0 Å². The third kappa shape index (κ3) is 2.48. The van der Waals surface area contributed by atoms with Crippen molar-refractivity contribution in [1.82, 2.24) is 9.55 Å². The van der Waals surface area contributed by atoms with Crippen LogP contribution in [-0.2, 0) is 11.3 Å². The number of nitrogens with one attached hydrogen (secondary N) is 1. The number of H-pyrrole nitrogens is 1. The van der Waals surface area contributed by atoms with Gasteiger partial charge >= 0.3 is 5.97 Å². The number of benzene rings is 1. The predicted octanol–water partition coefficient (Wildman–Crippen LogP) is 1.92. The SMILES string of the molecule is O=C(O)CCCn1c(=S)[nH]c2ccccc2c1=O. The number of fused-ring (bicyclic) bond motifs is 1. The topological polar surface area (TPSA) is 75.1 Å². The molecule has 6 heteroatoms. The van der Waals surface area contributed by atoms with Crippen LogP contribution >= 0.6 is 12.2 Å². The maximum Gasteiger partial charge on any atom is 0.303 e. The second-order valence-corrected chi connectivity index (χ2v) is 4.32. The molecule has 0 unspecified atom stereocenters. The Labute approximate surface area is 108 Å². The summed E-state index contributed by atoms with van der Waals surface area (Å²) >= 11 is 5.11. The first-order valence-corrected chi connectivity index (χ1v) is 5.94. The largest absolute Gasteiger partial charge is 0.481 e. The Morgan fingerprint density at radius 1 is 1.39 bits per heavy atom. The van der Waals surface area contributed by atoms with Crippen molar-refractivity contribution in [2.45, 2.75) is 19.4 Å². The van der Waals surface area contributed by atoms with Crippen LogP contribution in [0.15, 0.2) is 29.1 Å². The van der Waals surface area contributed by atoms with Gasteiger partial charge in [-0.05, 0) is 30.8 Å². The molecule has 0 amide bonds. The van der Waals surface area contributed by atoms with E-state index in [0.717, 1.165) is 0 Å². The van der Waals surface area contributed by atoms with E-state index < -0.39 is 5.97 Å². The van der Waals surface area contributed by atoms with Crippen LogP contribution in [0.25, 0.3) is 10.9 Å². The van der Waals surface area contributed by atoms with Gasteiger partial charge < -0.3 is 10.1 Å². The number of hydrogen-bond donors (Lipinski definition) is 2. The Hall–Kier alpha value is -1.95. The summed E-state index contributed by atoms with van der Waals surface area (Å²) in [5.41, 5.74) is 0.515. The Bertz CT molecular complexity index is 702. The molecule has 18 heavy (non-hydrogen) atoms. The van der Waals surface area contributed by atoms with Crippen LogP contribution in [0.2, 0.25) is 0 Å². The standard InChI is InChI=1S/C12H12N2O3S/c15-10(16)6-3-7-14-11(17)8-4-1-2-5-9(8)13-12(14)18/h1-2,4-5H,3,6-7H2,(H,13,18)(H,15,16). The molecule has 0 aliphatic heterocycles. The van der Waals surface area contributed by atoms with Gasteiger partial charge in [0.25, 0.3) is 5.56 Å². The van der Waals surface area contributed by atoms with Crippen molar-refractivity contribution in [3.63, 3.8) is 0 Å². The van der Waals surface area contributed by atoms with Gasteiger partial charge in [0.1, 0.15) is 0 Å². The third-order valence-electron chi connectivity index (χ3n) is 2.66. The van der Waals surface area contributed by atoms with Gasteiger partial charge in [0.2, 0.25) is 0 Å². The van der Waals surface area contributed by atoms with Crippen LogP contribution < -0.4 is 5.56 Å². The average Bonchev–Trinajstić information content (AvgIpc) is 2.33. The Morgan fingerprint density at radius 3 is 2.83 bits per heavy atom. The zero-order valence-corrected chi connectivity index (χ0v) is 10.4. The fourth-order valence-corrected chi connectivity index (χ4v) is 2.07. The van der Waals surface area contributed by atoms with Crippen LogP contribution in [0.1, 0.15) is 12.8 Å². The second kappa shape index (κ2) is 5.14. The molecule has 1 heterocycles. The van der Waals surface area contributed by atoms with E-state index in [1.54, 1.807) is 18.2 Å². The molecule has 0 spiro atoms. The van der Waals surface area contributed by atoms with E-state index >= 15 is 0 Å². The number of carboxylic acid groups (broad SMARTS) is 1. The number of nitrogens with zero attached hydrogens (tertiary/aromatic N) is 1. The van der Waals surface area contributed by atoms with Crippen molar-refractivity contribution in [2.24, 2.45) is 0 Å². The summed E-state index contributed by atoms with van der Waals surface area (Å²) in [5, 5.41) is 9.14. The number of aromatic nitrogens is 2. The maximum atomic E-state index is 12.2. The zero-order chi connectivity index (χ0) is 13.1. The van der Waals surface area contributed by atoms with Crippen LogP contribution in [0.3, 0.4) is 0 Å². The minimum Gasteiger partial charge on any atom is -0.481 e. The van der Waals surface area contributed by atoms with E-state index in [9.17, 15) is 9.59 Å². The van der Waals surface area contributed by atoms with E-state index in [1.807, 2.05) is 6.07 Å². The lowest BCUT2D eigenvalue weighted by atomic mass is 10.2. The van der Waals surface area contributed by atoms with Crippen molar-refractivity contribution in [2.75, 3.05) is 0 Å². The van der Waals surface area contributed by atoms with Crippen molar-refractivity contribution in [3.8, 4) is 0 Å². The van der Waals surface area contributed by atoms with Crippen LogP contribution in [0, 0.1) is 4.77 Å². The maximum absolute atomic E-state index is 12.2. The van der Waals surface area contributed by atoms with Crippen molar-refractivity contribution in [1.29, 1.82) is 0 Å². The van der Waals surface area contributed by atoms with Crippen LogP contribution in [-0.4, -0.2) is 20.6 Å². The lowest BCUT2D eigenvalue weighted by Gasteiger charge is -2.06. The quantitative estimate of drug-likeness (QED) is 0.827. The Balaban J connectivity index is 2.42. The van der Waals surface area contributed by atoms with E-state index in [0.29, 0.717) is 28.6 Å². The summed E-state index contributed by atoms with van der Waals surface area (Å²) < 4.78 is 1.73. The number of hydrogen-bond acceptors (Lipinski definition) is 3. The molecule has 0 saturated heterocycles. The number of aromatic amines is 1. The highest BCUT2D eigenvalue weighted by Gasteiger charge is 2.05. The lowest BCUT2D eigenvalue weighted by molar-refractivity contribution is -0.137. The highest BCUT2D eigenvalue weighted by Crippen LogP contribution is 2.06. The summed E-state index contributed by atoms with van der Waals surface area (Å²) in [4.78, 5) is 25.6. The molecule has 94 valence electrons. The molecule has 2 aromatic rings. The molecule has 5 nitrogen and oxygen atoms in total. The molecule has 0 aliphatic rings. The third-order valence-corrected chi connectivity index (χ3v) is 2.98. The van der Waals surface area contributed by atoms with Crippen molar-refractivity contribution in [3.05, 3.63) is 39.4 Å². The van der Waals surface area contributed by atoms with E-state index in [-0.39, 0.29) is 12.0 Å². The Morgan fingerprint density at radius 2 is 2.11 bits per heavy atom. The molecule has 1 aromatic carbocycles. The predicted molar refractivity (Wildman–Crippen MR) is 70.3 cm³/mol. The summed E-state index contributed by atoms with van der Waals surface area (Å²) in [6, 6.07) is 7.11. The zero-order valence-electron chi connectivity index (χ0n) is 9.55. The molecule has 0 saturated carbocycles. The molecule has 0 bridgehead atoms. The van der Waals surface area contributed by atoms with Gasteiger partial charge in [0.05, 0.1) is 10.9 Å². The molecular weight excluding hydrogens is 252 g/mol. The van der Waals surface area contributed by atoms with Gasteiger partial charge in [0.15, 0.2) is 4.77 Å². The molecule has 0 radical (unpaired) electrons. The van der Waals surface area contributed by atoms with Gasteiger partial charge in [-0.25, -0.2) is 0 Å². The van der Waals surface area contributed by atoms with E-state index in [4.69, 9.17) is 17.3 Å². The number of aliphatic carboxylic acids is 1. The second-order valence-electron chi connectivity index (χ2n) is 3.93. The number of carbonyl (C=O) groups is 1. The fraction of sp³-hybridized carbons (Fsp3) is 0.250. The molecule has 2 N–H and O–H groups in total. The van der Waals surface area contributed by atoms with Gasteiger partial charge in [-0.15, -0.1) is 0 Å². The lowest BCUT2D eigenvalue weighted by Crippen LogP contribution is -2.22. The minimum absolute atomic E-state index is 0.0219. The van der Waals surface area contributed by atoms with Crippen LogP contribution in [0.5, 0.6) is 0 Å². The van der Waals surface area contributed by atoms with Gasteiger partial charge in [-0.1, -0.05) is 12.1 Å². The molecule has 0 atom stereocenters. The first-order chi connectivity index (χ1) is 8.59. The van der Waals surface area contributed by atoms with Crippen LogP contribution in [0.4, 0.5) is 0 Å². The highest BCUT2D eigenvalue weighted by molar-refractivity contribution is 7.71. The number of para-hydroxylation sites is 1. The molecular formula is C12H12N2O3S. The van der Waals surface area contributed by atoms with Crippen molar-refractivity contribution >= 4 is 29.1 Å². The Kier molecular flexibility index (Phi) is 3.57. The summed E-state index contributed by atoms with van der Waals surface area (Å²) in [5.74, 6) is -0.876. The molecule has 0 fully saturated rings. The molecule has 0 aliphatic carbocycles. The van der Waals surface area contributed by atoms with Gasteiger partial charge in [-0.3, -0.25) is 14.2 Å². The first kappa shape index (κ1) is 12.5. The van der Waals surface area contributed by atoms with Gasteiger partial charge in [-0.2, -0.15) is 0 Å².